The third-order valence-electron chi connectivity index (χ3n) is 3.73. The standard InChI is InChI=1S/C17H16FN3O3S2/c1-2-9-21-14-8-7-11(26(19,23)24)10-15(14)25-17(21)20-16(22)12-5-3-4-6-13(12)18/h3-8,10H,2,9H2,1H3,(H2,19,23,24). The maximum atomic E-state index is 13.8. The highest BCUT2D eigenvalue weighted by Crippen LogP contribution is 2.21. The zero-order valence-electron chi connectivity index (χ0n) is 13.8. The summed E-state index contributed by atoms with van der Waals surface area (Å²) in [7, 11) is -3.83. The predicted molar refractivity (Wildman–Crippen MR) is 97.8 cm³/mol. The minimum atomic E-state index is -3.83. The maximum absolute atomic E-state index is 13.8. The molecular weight excluding hydrogens is 377 g/mol. The summed E-state index contributed by atoms with van der Waals surface area (Å²) in [4.78, 5) is 16.8. The van der Waals surface area contributed by atoms with Crippen molar-refractivity contribution in [2.75, 3.05) is 0 Å². The number of benzene rings is 2. The highest BCUT2D eigenvalue weighted by atomic mass is 32.2. The van der Waals surface area contributed by atoms with Crippen molar-refractivity contribution in [1.82, 2.24) is 4.57 Å². The van der Waals surface area contributed by atoms with Gasteiger partial charge in [0.1, 0.15) is 5.82 Å². The van der Waals surface area contributed by atoms with Crippen LogP contribution in [0, 0.1) is 5.82 Å². The van der Waals surface area contributed by atoms with E-state index in [1.165, 1.54) is 30.3 Å². The van der Waals surface area contributed by atoms with Crippen LogP contribution in [0.4, 0.5) is 4.39 Å². The van der Waals surface area contributed by atoms with Crippen LogP contribution < -0.4 is 9.94 Å². The van der Waals surface area contributed by atoms with E-state index in [2.05, 4.69) is 4.99 Å². The van der Waals surface area contributed by atoms with Gasteiger partial charge in [0.05, 0.1) is 20.7 Å². The molecule has 6 nitrogen and oxygen atoms in total. The second-order valence-electron chi connectivity index (χ2n) is 5.61. The van der Waals surface area contributed by atoms with Gasteiger partial charge in [-0.05, 0) is 36.8 Å². The van der Waals surface area contributed by atoms with Gasteiger partial charge in [0.25, 0.3) is 5.91 Å². The fourth-order valence-corrected chi connectivity index (χ4v) is 4.25. The van der Waals surface area contributed by atoms with E-state index < -0.39 is 21.7 Å². The molecule has 0 saturated heterocycles. The Hall–Kier alpha value is -2.36. The molecule has 1 heterocycles. The molecular formula is C17H16FN3O3S2. The van der Waals surface area contributed by atoms with Gasteiger partial charge in [-0.1, -0.05) is 30.4 Å². The highest BCUT2D eigenvalue weighted by molar-refractivity contribution is 7.89. The number of nitrogens with zero attached hydrogens (tertiary/aromatic N) is 2. The zero-order valence-corrected chi connectivity index (χ0v) is 15.5. The van der Waals surface area contributed by atoms with Crippen molar-refractivity contribution in [2.45, 2.75) is 24.8 Å². The first-order valence-corrected chi connectivity index (χ1v) is 10.2. The minimum Gasteiger partial charge on any atom is -0.316 e. The van der Waals surface area contributed by atoms with Crippen molar-refractivity contribution in [3.8, 4) is 0 Å². The number of aryl methyl sites for hydroxylation is 1. The number of rotatable bonds is 4. The van der Waals surface area contributed by atoms with Gasteiger partial charge in [-0.15, -0.1) is 0 Å². The molecule has 9 heteroatoms. The second kappa shape index (κ2) is 7.10. The molecule has 26 heavy (non-hydrogen) atoms. The average Bonchev–Trinajstić information content (AvgIpc) is 2.91. The van der Waals surface area contributed by atoms with Crippen LogP contribution in [0.3, 0.4) is 0 Å². The summed E-state index contributed by atoms with van der Waals surface area (Å²) in [6.07, 6.45) is 0.782. The van der Waals surface area contributed by atoms with Gasteiger partial charge in [-0.25, -0.2) is 17.9 Å². The molecule has 2 aromatic carbocycles. The van der Waals surface area contributed by atoms with Crippen LogP contribution in [0.2, 0.25) is 0 Å². The fourth-order valence-electron chi connectivity index (χ4n) is 2.54. The van der Waals surface area contributed by atoms with Crippen LogP contribution in [0.15, 0.2) is 52.4 Å². The van der Waals surface area contributed by atoms with Crippen LogP contribution >= 0.6 is 11.3 Å². The molecule has 0 spiro atoms. The average molecular weight is 393 g/mol. The van der Waals surface area contributed by atoms with Crippen LogP contribution in [-0.4, -0.2) is 18.9 Å². The maximum Gasteiger partial charge on any atom is 0.282 e. The van der Waals surface area contributed by atoms with E-state index in [9.17, 15) is 17.6 Å². The Morgan fingerprint density at radius 3 is 2.65 bits per heavy atom. The molecule has 0 aliphatic rings. The highest BCUT2D eigenvalue weighted by Gasteiger charge is 2.14. The molecule has 3 rings (SSSR count). The number of amides is 1. The van der Waals surface area contributed by atoms with Gasteiger partial charge in [0.2, 0.25) is 10.0 Å². The van der Waals surface area contributed by atoms with Crippen LogP contribution in [0.25, 0.3) is 10.2 Å². The van der Waals surface area contributed by atoms with Crippen molar-refractivity contribution in [2.24, 2.45) is 10.1 Å². The number of hydrogen-bond acceptors (Lipinski definition) is 4. The summed E-state index contributed by atoms with van der Waals surface area (Å²) in [6, 6.07) is 10.1. The molecule has 1 amide bonds. The molecule has 0 atom stereocenters. The van der Waals surface area contributed by atoms with Gasteiger partial charge in [-0.3, -0.25) is 4.79 Å². The molecule has 0 fully saturated rings. The van der Waals surface area contributed by atoms with Gasteiger partial charge in [0.15, 0.2) is 4.80 Å². The van der Waals surface area contributed by atoms with Crippen molar-refractivity contribution < 1.29 is 17.6 Å². The molecule has 136 valence electrons. The Bertz CT molecular complexity index is 1160. The van der Waals surface area contributed by atoms with Crippen LogP contribution in [-0.2, 0) is 16.6 Å². The molecule has 3 aromatic rings. The van der Waals surface area contributed by atoms with E-state index in [0.29, 0.717) is 16.0 Å². The zero-order chi connectivity index (χ0) is 18.9. The third-order valence-corrected chi connectivity index (χ3v) is 5.68. The van der Waals surface area contributed by atoms with E-state index in [0.717, 1.165) is 23.3 Å². The lowest BCUT2D eigenvalue weighted by Gasteiger charge is -2.03. The summed E-state index contributed by atoms with van der Waals surface area (Å²) in [6.45, 7) is 2.55. The molecule has 0 radical (unpaired) electrons. The minimum absolute atomic E-state index is 0.0121. The lowest BCUT2D eigenvalue weighted by atomic mass is 10.2. The van der Waals surface area contributed by atoms with Gasteiger partial charge in [0, 0.05) is 6.54 Å². The first-order valence-electron chi connectivity index (χ1n) is 7.81. The van der Waals surface area contributed by atoms with E-state index in [4.69, 9.17) is 5.14 Å². The summed E-state index contributed by atoms with van der Waals surface area (Å²) < 4.78 is 39.4. The topological polar surface area (TPSA) is 94.5 Å². The smallest absolute Gasteiger partial charge is 0.282 e. The molecule has 0 aliphatic carbocycles. The summed E-state index contributed by atoms with van der Waals surface area (Å²) in [5, 5.41) is 5.18. The van der Waals surface area contributed by atoms with E-state index in [-0.39, 0.29) is 10.5 Å². The number of thiazole rings is 1. The quantitative estimate of drug-likeness (QED) is 0.738. The molecule has 2 N–H and O–H groups in total. The number of sulfonamides is 1. The van der Waals surface area contributed by atoms with Crippen molar-refractivity contribution >= 4 is 37.5 Å². The number of hydrogen-bond donors (Lipinski definition) is 1. The molecule has 0 saturated carbocycles. The Labute approximate surface area is 153 Å². The van der Waals surface area contributed by atoms with Crippen molar-refractivity contribution in [3.63, 3.8) is 0 Å². The largest absolute Gasteiger partial charge is 0.316 e. The molecule has 1 aromatic heterocycles. The number of fused-ring (bicyclic) bond motifs is 1. The summed E-state index contributed by atoms with van der Waals surface area (Å²) in [5.74, 6) is -1.33. The Kier molecular flexibility index (Phi) is 5.03. The summed E-state index contributed by atoms with van der Waals surface area (Å²) >= 11 is 1.16. The Morgan fingerprint density at radius 2 is 2.00 bits per heavy atom. The predicted octanol–water partition coefficient (Wildman–Crippen LogP) is 2.64. The molecule has 0 bridgehead atoms. The van der Waals surface area contributed by atoms with E-state index >= 15 is 0 Å². The van der Waals surface area contributed by atoms with Gasteiger partial charge in [-0.2, -0.15) is 4.99 Å². The Morgan fingerprint density at radius 1 is 1.27 bits per heavy atom. The lowest BCUT2D eigenvalue weighted by molar-refractivity contribution is 0.0994. The summed E-state index contributed by atoms with van der Waals surface area (Å²) in [5.41, 5.74) is 0.627. The van der Waals surface area contributed by atoms with E-state index in [1.54, 1.807) is 12.1 Å². The first kappa shape index (κ1) is 18.4. The monoisotopic (exact) mass is 393 g/mol. The van der Waals surface area contributed by atoms with Gasteiger partial charge >= 0.3 is 0 Å². The number of nitrogens with two attached hydrogens (primary N) is 1. The van der Waals surface area contributed by atoms with Crippen LogP contribution in [0.1, 0.15) is 23.7 Å². The normalized spacial score (nSPS) is 12.7. The second-order valence-corrected chi connectivity index (χ2v) is 8.18. The number of halogens is 1. The fraction of sp³-hybridized carbons (Fsp3) is 0.176. The molecule has 0 unspecified atom stereocenters. The Balaban J connectivity index is 2.20. The van der Waals surface area contributed by atoms with Crippen LogP contribution in [0.5, 0.6) is 0 Å². The SMILES string of the molecule is CCCn1c(=NC(=O)c2ccccc2F)sc2cc(S(N)(=O)=O)ccc21. The first-order chi connectivity index (χ1) is 12.3. The number of carbonyl (C=O) groups is 1. The van der Waals surface area contributed by atoms with Crippen molar-refractivity contribution in [3.05, 3.63) is 58.6 Å². The molecule has 0 aliphatic heterocycles. The van der Waals surface area contributed by atoms with Crippen molar-refractivity contribution in [1.29, 1.82) is 0 Å². The lowest BCUT2D eigenvalue weighted by Crippen LogP contribution is -2.17. The number of aromatic nitrogens is 1. The van der Waals surface area contributed by atoms with E-state index in [1.807, 2.05) is 11.5 Å². The van der Waals surface area contributed by atoms with Gasteiger partial charge < -0.3 is 4.57 Å². The number of primary sulfonamides is 1. The third kappa shape index (κ3) is 3.59. The number of carbonyl (C=O) groups excluding carboxylic acids is 1.